The minimum Gasteiger partial charge on any atom is -0.312 e. The van der Waals surface area contributed by atoms with E-state index in [1.807, 2.05) is 29.5 Å². The van der Waals surface area contributed by atoms with E-state index in [0.717, 1.165) is 12.8 Å². The maximum atomic E-state index is 12.9. The molecule has 1 rings (SSSR count). The lowest BCUT2D eigenvalue weighted by atomic mass is 10.3. The van der Waals surface area contributed by atoms with Crippen molar-refractivity contribution in [1.82, 2.24) is 4.57 Å². The number of nitrogens with zero attached hydrogens (tertiary/aromatic N) is 1. The Kier molecular flexibility index (Phi) is 3.90. The maximum absolute atomic E-state index is 12.9. The molecule has 0 bridgehead atoms. The molecule has 0 aliphatic heterocycles. The van der Waals surface area contributed by atoms with E-state index < -0.39 is 0 Å². The summed E-state index contributed by atoms with van der Waals surface area (Å²) < 4.78 is 14.7. The Morgan fingerprint density at radius 1 is 1.62 bits per heavy atom. The molecule has 72 valence electrons. The van der Waals surface area contributed by atoms with E-state index in [4.69, 9.17) is 0 Å². The molecule has 0 atom stereocenters. The predicted octanol–water partition coefficient (Wildman–Crippen LogP) is 2.39. The number of halogens is 2. The van der Waals surface area contributed by atoms with Crippen LogP contribution in [0.2, 0.25) is 0 Å². The average molecular weight is 295 g/mol. The highest BCUT2D eigenvalue weighted by molar-refractivity contribution is 14.1. The number of aryl methyl sites for hydroxylation is 1. The van der Waals surface area contributed by atoms with Crippen molar-refractivity contribution in [3.05, 3.63) is 32.0 Å². The van der Waals surface area contributed by atoms with Gasteiger partial charge >= 0.3 is 0 Å². The summed E-state index contributed by atoms with van der Waals surface area (Å²) in [6.07, 6.45) is 3.17. The molecule has 0 N–H and O–H groups in total. The molecule has 0 aliphatic carbocycles. The zero-order valence-electron chi connectivity index (χ0n) is 7.39. The second kappa shape index (κ2) is 4.74. The van der Waals surface area contributed by atoms with Crippen LogP contribution in [-0.2, 0) is 6.54 Å². The molecule has 1 heterocycles. The normalized spacial score (nSPS) is 10.4. The van der Waals surface area contributed by atoms with Gasteiger partial charge in [0.25, 0.3) is 5.56 Å². The van der Waals surface area contributed by atoms with Gasteiger partial charge in [-0.2, -0.15) is 0 Å². The summed E-state index contributed by atoms with van der Waals surface area (Å²) >= 11 is 1.85. The van der Waals surface area contributed by atoms with Crippen molar-refractivity contribution in [2.75, 3.05) is 0 Å². The summed E-state index contributed by atoms with van der Waals surface area (Å²) in [5.41, 5.74) is -0.101. The maximum Gasteiger partial charge on any atom is 0.264 e. The summed E-state index contributed by atoms with van der Waals surface area (Å²) in [6.45, 7) is 2.64. The van der Waals surface area contributed by atoms with Gasteiger partial charge in [-0.25, -0.2) is 4.39 Å². The van der Waals surface area contributed by atoms with Crippen LogP contribution in [0.1, 0.15) is 19.8 Å². The van der Waals surface area contributed by atoms with Gasteiger partial charge in [0.1, 0.15) is 5.82 Å². The monoisotopic (exact) mass is 295 g/mol. The molecule has 0 unspecified atom stereocenters. The van der Waals surface area contributed by atoms with Crippen molar-refractivity contribution in [2.45, 2.75) is 26.3 Å². The lowest BCUT2D eigenvalue weighted by Gasteiger charge is -2.04. The highest BCUT2D eigenvalue weighted by Gasteiger charge is 2.02. The van der Waals surface area contributed by atoms with Gasteiger partial charge in [-0.05, 0) is 35.1 Å². The molecule has 2 nitrogen and oxygen atoms in total. The minimum absolute atomic E-state index is 0.101. The standard InChI is InChI=1S/C9H11FINO/c1-2-3-4-12-6-7(10)5-8(11)9(12)13/h5-6H,2-4H2,1H3. The summed E-state index contributed by atoms with van der Waals surface area (Å²) in [4.78, 5) is 11.4. The van der Waals surface area contributed by atoms with E-state index in [0.29, 0.717) is 10.1 Å². The molecule has 0 saturated heterocycles. The first-order chi connectivity index (χ1) is 6.15. The number of hydrogen-bond donors (Lipinski definition) is 0. The molecule has 0 aliphatic rings. The third-order valence-corrected chi connectivity index (χ3v) is 2.53. The van der Waals surface area contributed by atoms with Gasteiger partial charge in [-0.15, -0.1) is 0 Å². The summed E-state index contributed by atoms with van der Waals surface area (Å²) in [6, 6.07) is 1.26. The zero-order valence-corrected chi connectivity index (χ0v) is 9.54. The van der Waals surface area contributed by atoms with Crippen molar-refractivity contribution in [3.63, 3.8) is 0 Å². The van der Waals surface area contributed by atoms with Crippen LogP contribution in [0.4, 0.5) is 4.39 Å². The Morgan fingerprint density at radius 2 is 2.31 bits per heavy atom. The Hall–Kier alpha value is -0.390. The highest BCUT2D eigenvalue weighted by atomic mass is 127. The van der Waals surface area contributed by atoms with E-state index in [9.17, 15) is 9.18 Å². The number of aromatic nitrogens is 1. The fourth-order valence-corrected chi connectivity index (χ4v) is 1.67. The molecule has 1 aromatic heterocycles. The van der Waals surface area contributed by atoms with Crippen LogP contribution in [-0.4, -0.2) is 4.57 Å². The average Bonchev–Trinajstić information content (AvgIpc) is 2.09. The Bertz CT molecular complexity index is 348. The van der Waals surface area contributed by atoms with Crippen molar-refractivity contribution in [2.24, 2.45) is 0 Å². The van der Waals surface area contributed by atoms with E-state index in [1.165, 1.54) is 16.8 Å². The van der Waals surface area contributed by atoms with Crippen LogP contribution in [0.25, 0.3) is 0 Å². The van der Waals surface area contributed by atoms with Gasteiger partial charge in [0.2, 0.25) is 0 Å². The summed E-state index contributed by atoms with van der Waals surface area (Å²) in [5, 5.41) is 0. The minimum atomic E-state index is -0.347. The Morgan fingerprint density at radius 3 is 2.92 bits per heavy atom. The SMILES string of the molecule is CCCCn1cc(F)cc(I)c1=O. The topological polar surface area (TPSA) is 22.0 Å². The number of pyridine rings is 1. The molecule has 0 saturated carbocycles. The molecular weight excluding hydrogens is 284 g/mol. The summed E-state index contributed by atoms with van der Waals surface area (Å²) in [5.74, 6) is -0.347. The molecule has 13 heavy (non-hydrogen) atoms. The largest absolute Gasteiger partial charge is 0.312 e. The number of hydrogen-bond acceptors (Lipinski definition) is 1. The quantitative estimate of drug-likeness (QED) is 0.785. The third-order valence-electron chi connectivity index (χ3n) is 1.76. The van der Waals surface area contributed by atoms with Crippen LogP contribution in [0.5, 0.6) is 0 Å². The fourth-order valence-electron chi connectivity index (χ4n) is 1.06. The van der Waals surface area contributed by atoms with Gasteiger partial charge in [-0.3, -0.25) is 4.79 Å². The van der Waals surface area contributed by atoms with Crippen LogP contribution < -0.4 is 5.56 Å². The first-order valence-electron chi connectivity index (χ1n) is 4.20. The van der Waals surface area contributed by atoms with Gasteiger partial charge in [0.05, 0.1) is 3.57 Å². The van der Waals surface area contributed by atoms with Gasteiger partial charge < -0.3 is 4.57 Å². The highest BCUT2D eigenvalue weighted by Crippen LogP contribution is 2.02. The van der Waals surface area contributed by atoms with E-state index in [2.05, 4.69) is 0 Å². The van der Waals surface area contributed by atoms with E-state index >= 15 is 0 Å². The molecule has 4 heteroatoms. The van der Waals surface area contributed by atoms with Crippen LogP contribution in [0.15, 0.2) is 17.1 Å². The zero-order chi connectivity index (χ0) is 9.84. The van der Waals surface area contributed by atoms with Gasteiger partial charge in [0, 0.05) is 12.7 Å². The van der Waals surface area contributed by atoms with Crippen LogP contribution >= 0.6 is 22.6 Å². The molecule has 0 fully saturated rings. The van der Waals surface area contributed by atoms with Crippen molar-refractivity contribution in [1.29, 1.82) is 0 Å². The molecule has 0 aromatic carbocycles. The predicted molar refractivity (Wildman–Crippen MR) is 58.3 cm³/mol. The second-order valence-corrected chi connectivity index (χ2v) is 4.02. The summed E-state index contributed by atoms with van der Waals surface area (Å²) in [7, 11) is 0. The van der Waals surface area contributed by atoms with Crippen molar-refractivity contribution < 1.29 is 4.39 Å². The van der Waals surface area contributed by atoms with Gasteiger partial charge in [0.15, 0.2) is 0 Å². The van der Waals surface area contributed by atoms with E-state index in [-0.39, 0.29) is 11.4 Å². The van der Waals surface area contributed by atoms with Gasteiger partial charge in [-0.1, -0.05) is 13.3 Å². The molecular formula is C9H11FINO. The third kappa shape index (κ3) is 2.79. The molecule has 0 spiro atoms. The first kappa shape index (κ1) is 10.7. The van der Waals surface area contributed by atoms with Crippen LogP contribution in [0.3, 0.4) is 0 Å². The number of unbranched alkanes of at least 4 members (excludes halogenated alkanes) is 1. The van der Waals surface area contributed by atoms with Crippen molar-refractivity contribution >= 4 is 22.6 Å². The molecule has 0 amide bonds. The fraction of sp³-hybridized carbons (Fsp3) is 0.444. The smallest absolute Gasteiger partial charge is 0.264 e. The Balaban J connectivity index is 2.99. The van der Waals surface area contributed by atoms with Crippen LogP contribution in [0, 0.1) is 9.39 Å². The van der Waals surface area contributed by atoms with E-state index in [1.54, 1.807) is 0 Å². The van der Waals surface area contributed by atoms with Crippen molar-refractivity contribution in [3.8, 4) is 0 Å². The number of rotatable bonds is 3. The lowest BCUT2D eigenvalue weighted by Crippen LogP contribution is -2.22. The Labute approximate surface area is 89.9 Å². The molecule has 1 aromatic rings. The first-order valence-corrected chi connectivity index (χ1v) is 5.28. The lowest BCUT2D eigenvalue weighted by molar-refractivity contribution is 0.559. The molecule has 0 radical (unpaired) electrons. The second-order valence-electron chi connectivity index (χ2n) is 2.86.